The number of thiol groups is 1. The number of nitrogens with one attached hydrogen (secondary N) is 2. The maximum atomic E-state index is 13.2. The van der Waals surface area contributed by atoms with E-state index in [0.29, 0.717) is 26.4 Å². The van der Waals surface area contributed by atoms with Crippen LogP contribution in [0.15, 0.2) is 0 Å². The Balaban J connectivity index is 3.33. The van der Waals surface area contributed by atoms with E-state index in [2.05, 4.69) is 23.3 Å². The van der Waals surface area contributed by atoms with E-state index in [-0.39, 0.29) is 19.3 Å². The first-order valence-electron chi connectivity index (χ1n) is 7.14. The Bertz CT molecular complexity index is 262. The van der Waals surface area contributed by atoms with Crippen molar-refractivity contribution in [3.63, 3.8) is 0 Å². The molecule has 0 heterocycles. The summed E-state index contributed by atoms with van der Waals surface area (Å²) < 4.78 is 29.2. The first-order valence-corrected chi connectivity index (χ1v) is 7.59. The highest BCUT2D eigenvalue weighted by molar-refractivity contribution is 7.96. The molecule has 0 aromatic rings. The molecule has 8 heteroatoms. The van der Waals surface area contributed by atoms with Crippen LogP contribution in [0.3, 0.4) is 0 Å². The van der Waals surface area contributed by atoms with Crippen molar-refractivity contribution >= 4 is 17.9 Å². The van der Waals surface area contributed by atoms with Crippen molar-refractivity contribution < 1.29 is 23.4 Å². The molecule has 0 radical (unpaired) electrons. The minimum atomic E-state index is -1.25. The lowest BCUT2D eigenvalue weighted by Crippen LogP contribution is -2.30. The average Bonchev–Trinajstić information content (AvgIpc) is 2.44. The summed E-state index contributed by atoms with van der Waals surface area (Å²) in [6.45, 7) is 7.42. The summed E-state index contributed by atoms with van der Waals surface area (Å²) in [6.07, 6.45) is -1.38. The highest BCUT2D eigenvalue weighted by Gasteiger charge is 2.09. The van der Waals surface area contributed by atoms with E-state index < -0.39 is 11.4 Å². The number of ether oxygens (including phenoxy) is 3. The summed E-state index contributed by atoms with van der Waals surface area (Å²) in [5.41, 5.74) is 0. The summed E-state index contributed by atoms with van der Waals surface area (Å²) in [5.74, 6) is 0. The fourth-order valence-corrected chi connectivity index (χ4v) is 1.49. The number of carbonyl (C=O) groups is 1. The highest BCUT2D eigenvalue weighted by atomic mass is 32.1. The molecule has 0 saturated heterocycles. The summed E-state index contributed by atoms with van der Waals surface area (Å²) >= 11 is 3.48. The predicted molar refractivity (Wildman–Crippen MR) is 82.9 cm³/mol. The normalized spacial score (nSPS) is 13.9. The largest absolute Gasteiger partial charge is 0.378 e. The van der Waals surface area contributed by atoms with Crippen LogP contribution >= 0.6 is 12.6 Å². The molecule has 0 fully saturated rings. The number of hydrogen-bond donors (Lipinski definition) is 3. The van der Waals surface area contributed by atoms with Crippen LogP contribution in [0, 0.1) is 0 Å². The van der Waals surface area contributed by atoms with Crippen molar-refractivity contribution in [1.29, 1.82) is 0 Å². The molecule has 0 saturated carbocycles. The van der Waals surface area contributed by atoms with E-state index in [0.717, 1.165) is 13.1 Å². The fourth-order valence-electron chi connectivity index (χ4n) is 1.40. The minimum Gasteiger partial charge on any atom is -0.378 e. The molecular formula is C13H27FN2O4S. The third-order valence-electron chi connectivity index (χ3n) is 2.43. The number of halogens is 1. The van der Waals surface area contributed by atoms with E-state index in [1.807, 2.05) is 13.8 Å². The zero-order chi connectivity index (χ0) is 15.9. The molecule has 21 heavy (non-hydrogen) atoms. The Morgan fingerprint density at radius 1 is 1.24 bits per heavy atom. The Morgan fingerprint density at radius 2 is 2.00 bits per heavy atom. The number of hydrogen-bond acceptors (Lipinski definition) is 5. The first-order chi connectivity index (χ1) is 10.1. The molecule has 0 aromatic carbocycles. The van der Waals surface area contributed by atoms with Crippen molar-refractivity contribution in [3.05, 3.63) is 0 Å². The van der Waals surface area contributed by atoms with Crippen LogP contribution < -0.4 is 10.6 Å². The van der Waals surface area contributed by atoms with Gasteiger partial charge in [-0.15, -0.1) is 0 Å². The van der Waals surface area contributed by atoms with Crippen molar-refractivity contribution in [1.82, 2.24) is 10.6 Å². The second kappa shape index (κ2) is 14.5. The van der Waals surface area contributed by atoms with Gasteiger partial charge in [0.2, 0.25) is 0 Å². The standard InChI is InChI=1S/C13H27FN2O4S/c1-3-15-4-5-18-6-7-20-11(2)9-19-10-12(14)8-16-13(17)21/h11-12,15H,3-10H2,1-2H3,(H2,16,17,21). The van der Waals surface area contributed by atoms with Gasteiger partial charge >= 0.3 is 0 Å². The number of alkyl halides is 1. The lowest BCUT2D eigenvalue weighted by molar-refractivity contribution is -0.0370. The van der Waals surface area contributed by atoms with Gasteiger partial charge in [-0.05, 0) is 13.5 Å². The summed E-state index contributed by atoms with van der Waals surface area (Å²) in [5, 5.41) is 4.86. The van der Waals surface area contributed by atoms with Gasteiger partial charge in [0.1, 0.15) is 6.17 Å². The monoisotopic (exact) mass is 326 g/mol. The number of likely N-dealkylation sites (N-methyl/N-ethyl adjacent to an activating group) is 1. The van der Waals surface area contributed by atoms with Crippen LogP contribution in [-0.2, 0) is 14.2 Å². The van der Waals surface area contributed by atoms with Crippen LogP contribution in [-0.4, -0.2) is 70.2 Å². The minimum absolute atomic E-state index is 0.0824. The molecule has 2 unspecified atom stereocenters. The second-order valence-corrected chi connectivity index (χ2v) is 4.87. The Hall–Kier alpha value is -0.410. The first kappa shape index (κ1) is 20.6. The SMILES string of the molecule is CCNCCOCCOC(C)COCC(F)CNC(=O)S. The van der Waals surface area contributed by atoms with Crippen LogP contribution in [0.25, 0.3) is 0 Å². The van der Waals surface area contributed by atoms with E-state index >= 15 is 0 Å². The van der Waals surface area contributed by atoms with Gasteiger partial charge in [0.15, 0.2) is 0 Å². The average molecular weight is 326 g/mol. The molecule has 0 aliphatic carbocycles. The van der Waals surface area contributed by atoms with E-state index in [9.17, 15) is 9.18 Å². The van der Waals surface area contributed by atoms with Crippen LogP contribution in [0.4, 0.5) is 9.18 Å². The van der Waals surface area contributed by atoms with Crippen LogP contribution in [0.2, 0.25) is 0 Å². The number of amides is 1. The molecule has 1 amide bonds. The van der Waals surface area contributed by atoms with Crippen molar-refractivity contribution in [3.8, 4) is 0 Å². The van der Waals surface area contributed by atoms with Crippen molar-refractivity contribution in [2.24, 2.45) is 0 Å². The Kier molecular flexibility index (Phi) is 14.2. The molecule has 0 spiro atoms. The highest BCUT2D eigenvalue weighted by Crippen LogP contribution is 1.96. The zero-order valence-corrected chi connectivity index (χ0v) is 13.7. The summed E-state index contributed by atoms with van der Waals surface area (Å²) in [4.78, 5) is 10.5. The molecule has 0 bridgehead atoms. The molecule has 0 rings (SSSR count). The van der Waals surface area contributed by atoms with Gasteiger partial charge in [-0.25, -0.2) is 4.39 Å². The number of carbonyl (C=O) groups excluding carboxylic acids is 1. The van der Waals surface area contributed by atoms with E-state index in [4.69, 9.17) is 14.2 Å². The molecule has 0 aliphatic heterocycles. The van der Waals surface area contributed by atoms with Gasteiger partial charge in [-0.3, -0.25) is 4.79 Å². The predicted octanol–water partition coefficient (Wildman–Crippen LogP) is 1.01. The summed E-state index contributed by atoms with van der Waals surface area (Å²) in [7, 11) is 0. The topological polar surface area (TPSA) is 68.8 Å². The van der Waals surface area contributed by atoms with Gasteiger partial charge in [-0.2, -0.15) is 0 Å². The van der Waals surface area contributed by atoms with Crippen LogP contribution in [0.1, 0.15) is 13.8 Å². The Labute approximate surface area is 131 Å². The van der Waals surface area contributed by atoms with Crippen molar-refractivity contribution in [2.45, 2.75) is 26.1 Å². The molecule has 126 valence electrons. The molecule has 0 aromatic heterocycles. The van der Waals surface area contributed by atoms with E-state index in [1.165, 1.54) is 0 Å². The third-order valence-corrected chi connectivity index (χ3v) is 2.59. The molecule has 6 nitrogen and oxygen atoms in total. The van der Waals surface area contributed by atoms with Gasteiger partial charge in [0.25, 0.3) is 5.24 Å². The van der Waals surface area contributed by atoms with Crippen molar-refractivity contribution in [2.75, 3.05) is 52.7 Å². The smallest absolute Gasteiger partial charge is 0.276 e. The lowest BCUT2D eigenvalue weighted by Gasteiger charge is -2.15. The quantitative estimate of drug-likeness (QED) is 0.328. The lowest BCUT2D eigenvalue weighted by atomic mass is 10.4. The molecular weight excluding hydrogens is 299 g/mol. The fraction of sp³-hybridized carbons (Fsp3) is 0.923. The second-order valence-electron chi connectivity index (χ2n) is 4.47. The van der Waals surface area contributed by atoms with Gasteiger partial charge in [0, 0.05) is 6.54 Å². The van der Waals surface area contributed by atoms with E-state index in [1.54, 1.807) is 0 Å². The van der Waals surface area contributed by atoms with Crippen LogP contribution in [0.5, 0.6) is 0 Å². The molecule has 0 aliphatic rings. The van der Waals surface area contributed by atoms with Gasteiger partial charge in [-0.1, -0.05) is 19.6 Å². The van der Waals surface area contributed by atoms with Gasteiger partial charge < -0.3 is 24.8 Å². The summed E-state index contributed by atoms with van der Waals surface area (Å²) in [6, 6.07) is 0. The molecule has 2 atom stereocenters. The number of rotatable bonds is 14. The molecule has 2 N–H and O–H groups in total. The zero-order valence-electron chi connectivity index (χ0n) is 12.8. The maximum Gasteiger partial charge on any atom is 0.276 e. The Morgan fingerprint density at radius 3 is 2.67 bits per heavy atom. The maximum absolute atomic E-state index is 13.2. The van der Waals surface area contributed by atoms with Gasteiger partial charge in [0.05, 0.1) is 45.7 Å². The third kappa shape index (κ3) is 15.8.